The maximum absolute atomic E-state index is 11.7. The molecule has 0 bridgehead atoms. The molecule has 0 aliphatic carbocycles. The van der Waals surface area contributed by atoms with Crippen molar-refractivity contribution in [1.29, 1.82) is 0 Å². The number of nitrogens with zero attached hydrogens (tertiary/aromatic N) is 1. The van der Waals surface area contributed by atoms with E-state index in [0.29, 0.717) is 25.4 Å². The van der Waals surface area contributed by atoms with Crippen LogP contribution in [0.2, 0.25) is 0 Å². The molecule has 0 aromatic heterocycles. The number of carbonyl (C=O) groups excluding carboxylic acids is 2. The van der Waals surface area contributed by atoms with Gasteiger partial charge in [-0.25, -0.2) is 4.79 Å². The number of piperidine rings is 1. The Kier molecular flexibility index (Phi) is 8.69. The van der Waals surface area contributed by atoms with E-state index in [1.54, 1.807) is 17.4 Å². The van der Waals surface area contributed by atoms with Gasteiger partial charge in [0, 0.05) is 42.8 Å². The van der Waals surface area contributed by atoms with Crippen LogP contribution in [0, 0.1) is 5.92 Å². The number of hydrogen-bond donors (Lipinski definition) is 0. The second-order valence-electron chi connectivity index (χ2n) is 6.05. The van der Waals surface area contributed by atoms with Crippen molar-refractivity contribution in [2.45, 2.75) is 45.6 Å². The largest absolute Gasteiger partial charge is 0.444 e. The maximum atomic E-state index is 11.7. The van der Waals surface area contributed by atoms with Crippen LogP contribution in [0.15, 0.2) is 0 Å². The van der Waals surface area contributed by atoms with Gasteiger partial charge in [0.25, 0.3) is 0 Å². The topological polar surface area (TPSA) is 63.7 Å². The first-order chi connectivity index (χ1) is 9.15. The number of ether oxygens (including phenoxy) is 1. The number of hydrogen-bond acceptors (Lipinski definition) is 4. The molecule has 1 fully saturated rings. The molecule has 6 heteroatoms. The van der Waals surface area contributed by atoms with Crippen LogP contribution >= 0.6 is 0 Å². The number of aldehydes is 1. The first kappa shape index (κ1) is 19.1. The van der Waals surface area contributed by atoms with Gasteiger partial charge in [-0.05, 0) is 39.5 Å². The Labute approximate surface area is 124 Å². The Morgan fingerprint density at radius 2 is 1.75 bits per heavy atom. The van der Waals surface area contributed by atoms with Gasteiger partial charge in [-0.15, -0.1) is 0 Å². The van der Waals surface area contributed by atoms with Crippen molar-refractivity contribution in [2.24, 2.45) is 5.92 Å². The summed E-state index contributed by atoms with van der Waals surface area (Å²) in [7, 11) is -0.611. The average molecular weight is 305 g/mol. The van der Waals surface area contributed by atoms with Crippen molar-refractivity contribution < 1.29 is 18.5 Å². The van der Waals surface area contributed by atoms with Gasteiger partial charge < -0.3 is 14.4 Å². The van der Waals surface area contributed by atoms with Gasteiger partial charge in [0.2, 0.25) is 0 Å². The van der Waals surface area contributed by atoms with Crippen LogP contribution in [0.4, 0.5) is 4.79 Å². The molecule has 1 heterocycles. The monoisotopic (exact) mass is 305 g/mol. The molecule has 1 saturated heterocycles. The van der Waals surface area contributed by atoms with Crippen LogP contribution < -0.4 is 0 Å². The van der Waals surface area contributed by atoms with Gasteiger partial charge in [-0.1, -0.05) is 0 Å². The molecule has 0 unspecified atom stereocenters. The average Bonchev–Trinajstić information content (AvgIpc) is 2.27. The van der Waals surface area contributed by atoms with Gasteiger partial charge in [0.1, 0.15) is 11.9 Å². The van der Waals surface area contributed by atoms with E-state index in [9.17, 15) is 13.8 Å². The first-order valence-corrected chi connectivity index (χ1v) is 8.79. The molecular weight excluding hydrogens is 278 g/mol. The molecule has 0 saturated carbocycles. The molecule has 5 nitrogen and oxygen atoms in total. The number of likely N-dealkylation sites (tertiary alicyclic amines) is 1. The quantitative estimate of drug-likeness (QED) is 0.734. The molecule has 0 radical (unpaired) electrons. The Hall–Kier alpha value is -0.910. The number of amides is 1. The highest BCUT2D eigenvalue weighted by molar-refractivity contribution is 7.83. The lowest BCUT2D eigenvalue weighted by molar-refractivity contribution is -0.108. The molecule has 1 rings (SSSR count). The fraction of sp³-hybridized carbons (Fsp3) is 0.857. The maximum Gasteiger partial charge on any atom is 0.410 e. The van der Waals surface area contributed by atoms with E-state index in [1.807, 2.05) is 20.8 Å². The Morgan fingerprint density at radius 3 is 2.10 bits per heavy atom. The lowest BCUT2D eigenvalue weighted by atomic mass is 9.94. The van der Waals surface area contributed by atoms with E-state index >= 15 is 0 Å². The predicted molar refractivity (Wildman–Crippen MR) is 81.2 cm³/mol. The highest BCUT2D eigenvalue weighted by atomic mass is 32.2. The summed E-state index contributed by atoms with van der Waals surface area (Å²) in [4.78, 5) is 23.8. The second-order valence-corrected chi connectivity index (χ2v) is 7.54. The number of rotatable bonds is 2. The normalized spacial score (nSPS) is 16.4. The molecule has 0 N–H and O–H groups in total. The van der Waals surface area contributed by atoms with Crippen molar-refractivity contribution in [1.82, 2.24) is 4.90 Å². The molecule has 20 heavy (non-hydrogen) atoms. The minimum atomic E-state index is -0.611. The molecule has 0 spiro atoms. The van der Waals surface area contributed by atoms with Gasteiger partial charge in [-0.2, -0.15) is 0 Å². The summed E-state index contributed by atoms with van der Waals surface area (Å²) in [5.74, 6) is 0.441. The fourth-order valence-electron chi connectivity index (χ4n) is 1.81. The van der Waals surface area contributed by atoms with Crippen LogP contribution in [-0.4, -0.2) is 52.7 Å². The minimum Gasteiger partial charge on any atom is -0.444 e. The van der Waals surface area contributed by atoms with Crippen LogP contribution in [0.3, 0.4) is 0 Å². The van der Waals surface area contributed by atoms with Gasteiger partial charge >= 0.3 is 6.09 Å². The Balaban J connectivity index is 0.000000796. The summed E-state index contributed by atoms with van der Waals surface area (Å²) in [6.07, 6.45) is 6.42. The summed E-state index contributed by atoms with van der Waals surface area (Å²) in [6, 6.07) is 0. The van der Waals surface area contributed by atoms with Crippen molar-refractivity contribution in [3.8, 4) is 0 Å². The Bertz CT molecular complexity index is 327. The van der Waals surface area contributed by atoms with Crippen LogP contribution in [0.1, 0.15) is 40.0 Å². The summed E-state index contributed by atoms with van der Waals surface area (Å²) < 4.78 is 14.8. The van der Waals surface area contributed by atoms with Crippen molar-refractivity contribution in [3.63, 3.8) is 0 Å². The standard InChI is InChI=1S/C12H21NO3.C2H6OS/c1-12(2,3)16-11(15)13-7-4-10(5-8-13)6-9-14;1-4(2)3/h9-10H,4-8H2,1-3H3;1-2H3. The highest BCUT2D eigenvalue weighted by Crippen LogP contribution is 2.21. The fourth-order valence-corrected chi connectivity index (χ4v) is 1.81. The molecule has 1 aliphatic rings. The van der Waals surface area contributed by atoms with Gasteiger partial charge in [0.15, 0.2) is 0 Å². The zero-order valence-electron chi connectivity index (χ0n) is 13.2. The van der Waals surface area contributed by atoms with Gasteiger partial charge in [-0.3, -0.25) is 4.21 Å². The lowest BCUT2D eigenvalue weighted by Crippen LogP contribution is -2.41. The SMILES string of the molecule is CC(C)(C)OC(=O)N1CCC(CC=O)CC1.CS(C)=O. The summed E-state index contributed by atoms with van der Waals surface area (Å²) in [5, 5.41) is 0. The molecule has 1 aliphatic heterocycles. The summed E-state index contributed by atoms with van der Waals surface area (Å²) >= 11 is 0. The van der Waals surface area contributed by atoms with Crippen LogP contribution in [-0.2, 0) is 20.3 Å². The van der Waals surface area contributed by atoms with E-state index < -0.39 is 16.4 Å². The molecule has 0 aromatic rings. The second kappa shape index (κ2) is 9.10. The van der Waals surface area contributed by atoms with Crippen LogP contribution in [0.25, 0.3) is 0 Å². The predicted octanol–water partition coefficient (Wildman–Crippen LogP) is 2.22. The summed E-state index contributed by atoms with van der Waals surface area (Å²) in [6.45, 7) is 7.00. The van der Waals surface area contributed by atoms with E-state index in [0.717, 1.165) is 19.1 Å². The molecule has 0 aromatic carbocycles. The minimum absolute atomic E-state index is 0.239. The smallest absolute Gasteiger partial charge is 0.410 e. The number of carbonyl (C=O) groups is 2. The van der Waals surface area contributed by atoms with Crippen molar-refractivity contribution in [2.75, 3.05) is 25.6 Å². The zero-order valence-corrected chi connectivity index (χ0v) is 14.0. The van der Waals surface area contributed by atoms with E-state index in [-0.39, 0.29) is 6.09 Å². The molecule has 0 atom stereocenters. The van der Waals surface area contributed by atoms with Crippen LogP contribution in [0.5, 0.6) is 0 Å². The third-order valence-corrected chi connectivity index (χ3v) is 2.70. The zero-order chi connectivity index (χ0) is 15.8. The Morgan fingerprint density at radius 1 is 1.30 bits per heavy atom. The van der Waals surface area contributed by atoms with Crippen molar-refractivity contribution in [3.05, 3.63) is 0 Å². The van der Waals surface area contributed by atoms with E-state index in [1.165, 1.54) is 0 Å². The molecule has 118 valence electrons. The van der Waals surface area contributed by atoms with E-state index in [4.69, 9.17) is 4.74 Å². The lowest BCUT2D eigenvalue weighted by Gasteiger charge is -2.32. The van der Waals surface area contributed by atoms with E-state index in [2.05, 4.69) is 0 Å². The van der Waals surface area contributed by atoms with Gasteiger partial charge in [0.05, 0.1) is 0 Å². The molecule has 1 amide bonds. The van der Waals surface area contributed by atoms with Crippen molar-refractivity contribution >= 4 is 23.2 Å². The first-order valence-electron chi connectivity index (χ1n) is 6.82. The third-order valence-electron chi connectivity index (χ3n) is 2.70. The highest BCUT2D eigenvalue weighted by Gasteiger charge is 2.26. The summed E-state index contributed by atoms with van der Waals surface area (Å²) in [5.41, 5.74) is -0.434. The third kappa shape index (κ3) is 9.95. The molecular formula is C14H27NO4S.